The molecule has 0 amide bonds. The van der Waals surface area contributed by atoms with Gasteiger partial charge < -0.3 is 0 Å². The Balaban J connectivity index is 1.24. The average molecular weight is 584 g/mol. The number of pyridine rings is 1. The summed E-state index contributed by atoms with van der Waals surface area (Å²) in [5, 5.41) is 9.84. The maximum Gasteiger partial charge on any atom is 0.0353 e. The SMILES string of the molecule is c1cc(-c2ccc3ccccc3c2)cc(-c2c3ccccc3c(-c3cccc(-c4ccc5ccccc5c4)c3)c3cnccc23)c1. The highest BCUT2D eigenvalue weighted by Crippen LogP contribution is 2.44. The van der Waals surface area contributed by atoms with Gasteiger partial charge >= 0.3 is 0 Å². The minimum atomic E-state index is 1.16. The summed E-state index contributed by atoms with van der Waals surface area (Å²) >= 11 is 0. The third-order valence-corrected chi connectivity index (χ3v) is 9.29. The van der Waals surface area contributed by atoms with Crippen LogP contribution in [-0.4, -0.2) is 4.98 Å². The summed E-state index contributed by atoms with van der Waals surface area (Å²) < 4.78 is 0. The normalized spacial score (nSPS) is 11.5. The smallest absolute Gasteiger partial charge is 0.0353 e. The minimum absolute atomic E-state index is 1.16. The molecule has 214 valence electrons. The Hall–Kier alpha value is -6.05. The number of nitrogens with zero attached hydrogens (tertiary/aromatic N) is 1. The molecular formula is C45H29N. The van der Waals surface area contributed by atoms with Gasteiger partial charge in [0.1, 0.15) is 0 Å². The Morgan fingerprint density at radius 2 is 0.717 bits per heavy atom. The molecule has 8 aromatic carbocycles. The number of aromatic nitrogens is 1. The molecule has 1 aromatic heterocycles. The van der Waals surface area contributed by atoms with E-state index in [1.807, 2.05) is 12.4 Å². The quantitative estimate of drug-likeness (QED) is 0.188. The van der Waals surface area contributed by atoms with Gasteiger partial charge in [0.15, 0.2) is 0 Å². The first-order valence-electron chi connectivity index (χ1n) is 15.8. The lowest BCUT2D eigenvalue weighted by Gasteiger charge is -2.18. The summed E-state index contributed by atoms with van der Waals surface area (Å²) in [6.07, 6.45) is 3.96. The molecule has 0 N–H and O–H groups in total. The van der Waals surface area contributed by atoms with Crippen molar-refractivity contribution in [2.24, 2.45) is 0 Å². The summed E-state index contributed by atoms with van der Waals surface area (Å²) in [7, 11) is 0. The second-order valence-electron chi connectivity index (χ2n) is 12.0. The van der Waals surface area contributed by atoms with Crippen molar-refractivity contribution >= 4 is 43.1 Å². The van der Waals surface area contributed by atoms with Crippen molar-refractivity contribution in [1.29, 1.82) is 0 Å². The fraction of sp³-hybridized carbons (Fsp3) is 0. The van der Waals surface area contributed by atoms with Crippen molar-refractivity contribution in [3.63, 3.8) is 0 Å². The Labute approximate surface area is 268 Å². The molecule has 0 atom stereocenters. The molecule has 1 heterocycles. The van der Waals surface area contributed by atoms with Gasteiger partial charge in [0.25, 0.3) is 0 Å². The fourth-order valence-electron chi connectivity index (χ4n) is 7.09. The van der Waals surface area contributed by atoms with E-state index in [2.05, 4.69) is 169 Å². The highest BCUT2D eigenvalue weighted by Gasteiger charge is 2.17. The zero-order valence-electron chi connectivity index (χ0n) is 25.2. The lowest BCUT2D eigenvalue weighted by molar-refractivity contribution is 1.37. The molecule has 0 bridgehead atoms. The average Bonchev–Trinajstić information content (AvgIpc) is 3.13. The standard InChI is InChI=1S/C45H29N/c1-3-11-32-25-36(21-19-30(32)9-1)34-13-7-15-38(27-34)44-40-17-5-6-18-41(40)45(43-29-46-24-23-42(43)44)39-16-8-14-35(28-39)37-22-20-31-10-2-4-12-33(31)26-37/h1-29H. The molecule has 0 aliphatic rings. The van der Waals surface area contributed by atoms with Crippen LogP contribution in [0.3, 0.4) is 0 Å². The van der Waals surface area contributed by atoms with E-state index in [1.165, 1.54) is 82.2 Å². The molecule has 9 aromatic rings. The third-order valence-electron chi connectivity index (χ3n) is 9.29. The van der Waals surface area contributed by atoms with Gasteiger partial charge in [0, 0.05) is 17.8 Å². The predicted molar refractivity (Wildman–Crippen MR) is 196 cm³/mol. The topological polar surface area (TPSA) is 12.9 Å². The lowest BCUT2D eigenvalue weighted by atomic mass is 9.85. The van der Waals surface area contributed by atoms with Crippen molar-refractivity contribution in [3.05, 3.63) is 176 Å². The molecule has 46 heavy (non-hydrogen) atoms. The molecule has 0 aliphatic heterocycles. The summed E-state index contributed by atoms with van der Waals surface area (Å²) in [6, 6.07) is 59.5. The van der Waals surface area contributed by atoms with Crippen LogP contribution in [0, 0.1) is 0 Å². The van der Waals surface area contributed by atoms with Crippen molar-refractivity contribution in [2.75, 3.05) is 0 Å². The summed E-state index contributed by atoms with van der Waals surface area (Å²) in [4.78, 5) is 4.65. The first-order chi connectivity index (χ1) is 22.8. The maximum absolute atomic E-state index is 4.65. The zero-order chi connectivity index (χ0) is 30.5. The highest BCUT2D eigenvalue weighted by atomic mass is 14.6. The number of benzene rings is 8. The number of rotatable bonds is 4. The molecule has 9 rings (SSSR count). The predicted octanol–water partition coefficient (Wildman–Crippen LogP) is 12.4. The van der Waals surface area contributed by atoms with E-state index in [9.17, 15) is 0 Å². The van der Waals surface area contributed by atoms with E-state index in [1.54, 1.807) is 0 Å². The van der Waals surface area contributed by atoms with Crippen molar-refractivity contribution < 1.29 is 0 Å². The van der Waals surface area contributed by atoms with Crippen LogP contribution in [0.25, 0.3) is 87.6 Å². The van der Waals surface area contributed by atoms with Gasteiger partial charge in [-0.3, -0.25) is 4.98 Å². The van der Waals surface area contributed by atoms with Crippen LogP contribution in [-0.2, 0) is 0 Å². The van der Waals surface area contributed by atoms with Gasteiger partial charge in [-0.1, -0.05) is 133 Å². The molecule has 1 heteroatoms. The first kappa shape index (κ1) is 26.4. The molecule has 0 saturated heterocycles. The van der Waals surface area contributed by atoms with Gasteiger partial charge in [0.05, 0.1) is 0 Å². The molecular weight excluding hydrogens is 555 g/mol. The van der Waals surface area contributed by atoms with Crippen LogP contribution in [0.4, 0.5) is 0 Å². The lowest BCUT2D eigenvalue weighted by Crippen LogP contribution is -1.92. The molecule has 0 aliphatic carbocycles. The maximum atomic E-state index is 4.65. The van der Waals surface area contributed by atoms with Crippen LogP contribution in [0.5, 0.6) is 0 Å². The number of fused-ring (bicyclic) bond motifs is 4. The van der Waals surface area contributed by atoms with E-state index < -0.39 is 0 Å². The third kappa shape index (κ3) is 4.45. The van der Waals surface area contributed by atoms with Crippen LogP contribution in [0.15, 0.2) is 176 Å². The highest BCUT2D eigenvalue weighted by molar-refractivity contribution is 6.21. The second-order valence-corrected chi connectivity index (χ2v) is 12.0. The summed E-state index contributed by atoms with van der Waals surface area (Å²) in [6.45, 7) is 0. The number of hydrogen-bond donors (Lipinski definition) is 0. The number of hydrogen-bond acceptors (Lipinski definition) is 1. The van der Waals surface area contributed by atoms with E-state index in [4.69, 9.17) is 0 Å². The Bertz CT molecular complexity index is 2360. The van der Waals surface area contributed by atoms with Crippen LogP contribution < -0.4 is 0 Å². The largest absolute Gasteiger partial charge is 0.264 e. The van der Waals surface area contributed by atoms with Gasteiger partial charge in [-0.15, -0.1) is 0 Å². The summed E-state index contributed by atoms with van der Waals surface area (Å²) in [5.41, 5.74) is 9.71. The Kier molecular flexibility index (Phi) is 6.21. The Morgan fingerprint density at radius 3 is 1.28 bits per heavy atom. The monoisotopic (exact) mass is 583 g/mol. The zero-order valence-corrected chi connectivity index (χ0v) is 25.2. The molecule has 0 fully saturated rings. The van der Waals surface area contributed by atoms with E-state index >= 15 is 0 Å². The molecule has 0 saturated carbocycles. The van der Waals surface area contributed by atoms with Crippen LogP contribution in [0.2, 0.25) is 0 Å². The van der Waals surface area contributed by atoms with E-state index in [0.29, 0.717) is 0 Å². The van der Waals surface area contributed by atoms with Gasteiger partial charge in [-0.2, -0.15) is 0 Å². The van der Waals surface area contributed by atoms with Crippen molar-refractivity contribution in [3.8, 4) is 44.5 Å². The van der Waals surface area contributed by atoms with Crippen molar-refractivity contribution in [2.45, 2.75) is 0 Å². The van der Waals surface area contributed by atoms with Crippen LogP contribution in [0.1, 0.15) is 0 Å². The molecule has 0 unspecified atom stereocenters. The fourth-order valence-corrected chi connectivity index (χ4v) is 7.09. The van der Waals surface area contributed by atoms with Crippen molar-refractivity contribution in [1.82, 2.24) is 4.98 Å². The van der Waals surface area contributed by atoms with E-state index in [-0.39, 0.29) is 0 Å². The summed E-state index contributed by atoms with van der Waals surface area (Å²) in [5.74, 6) is 0. The van der Waals surface area contributed by atoms with E-state index in [0.717, 1.165) is 5.39 Å². The first-order valence-corrected chi connectivity index (χ1v) is 15.8. The molecule has 1 nitrogen and oxygen atoms in total. The molecule has 0 radical (unpaired) electrons. The van der Waals surface area contributed by atoms with Crippen LogP contribution >= 0.6 is 0 Å². The van der Waals surface area contributed by atoms with Gasteiger partial charge in [-0.25, -0.2) is 0 Å². The van der Waals surface area contributed by atoms with Gasteiger partial charge in [0.2, 0.25) is 0 Å². The second kappa shape index (κ2) is 10.8. The molecule has 0 spiro atoms. The van der Waals surface area contributed by atoms with Gasteiger partial charge in [-0.05, 0) is 113 Å². The minimum Gasteiger partial charge on any atom is -0.264 e. The Morgan fingerprint density at radius 1 is 0.283 bits per heavy atom.